The Bertz CT molecular complexity index is 764. The van der Waals surface area contributed by atoms with Crippen molar-refractivity contribution in [2.75, 3.05) is 5.32 Å². The molecule has 0 aliphatic heterocycles. The fourth-order valence-electron chi connectivity index (χ4n) is 3.03. The number of benzene rings is 1. The van der Waals surface area contributed by atoms with Gasteiger partial charge in [-0.25, -0.2) is 0 Å². The quantitative estimate of drug-likeness (QED) is 0.781. The van der Waals surface area contributed by atoms with Gasteiger partial charge in [0.2, 0.25) is 5.91 Å². The van der Waals surface area contributed by atoms with Gasteiger partial charge in [0.05, 0.1) is 5.56 Å². The van der Waals surface area contributed by atoms with E-state index < -0.39 is 0 Å². The number of hydrogen-bond donors (Lipinski definition) is 2. The van der Waals surface area contributed by atoms with Crippen LogP contribution in [0.1, 0.15) is 41.6 Å². The molecule has 1 aromatic carbocycles. The Hall–Kier alpha value is -2.95. The van der Waals surface area contributed by atoms with Gasteiger partial charge in [0.15, 0.2) is 0 Å². The largest absolute Gasteiger partial charge is 0.348 e. The molecule has 1 fully saturated rings. The molecule has 5 heteroatoms. The topological polar surface area (TPSA) is 71.1 Å². The predicted octanol–water partition coefficient (Wildman–Crippen LogP) is 3.70. The maximum Gasteiger partial charge on any atom is 0.257 e. The first kappa shape index (κ1) is 17.9. The van der Waals surface area contributed by atoms with Crippen molar-refractivity contribution in [3.8, 4) is 0 Å². The van der Waals surface area contributed by atoms with Gasteiger partial charge >= 0.3 is 0 Å². The molecule has 1 aliphatic carbocycles. The van der Waals surface area contributed by atoms with Crippen LogP contribution >= 0.6 is 0 Å². The van der Waals surface area contributed by atoms with Crippen molar-refractivity contribution in [3.63, 3.8) is 0 Å². The van der Waals surface area contributed by atoms with E-state index in [1.54, 1.807) is 24.4 Å². The summed E-state index contributed by atoms with van der Waals surface area (Å²) in [4.78, 5) is 27.9. The molecule has 1 aliphatic rings. The molecule has 3 rings (SSSR count). The highest BCUT2D eigenvalue weighted by Crippen LogP contribution is 2.25. The molecule has 0 saturated heterocycles. The maximum absolute atomic E-state index is 12.1. The summed E-state index contributed by atoms with van der Waals surface area (Å²) in [7, 11) is 0. The summed E-state index contributed by atoms with van der Waals surface area (Å²) in [6, 6.07) is 10.9. The molecule has 5 nitrogen and oxygen atoms in total. The summed E-state index contributed by atoms with van der Waals surface area (Å²) in [5.74, 6) is 0.297. The molecule has 1 aromatic heterocycles. The van der Waals surface area contributed by atoms with E-state index in [-0.39, 0.29) is 11.8 Å². The molecule has 0 radical (unpaired) electrons. The summed E-state index contributed by atoms with van der Waals surface area (Å²) >= 11 is 0. The minimum Gasteiger partial charge on any atom is -0.348 e. The van der Waals surface area contributed by atoms with E-state index in [9.17, 15) is 9.59 Å². The highest BCUT2D eigenvalue weighted by Gasteiger charge is 2.11. The Kier molecular flexibility index (Phi) is 6.14. The number of aromatic nitrogens is 1. The Morgan fingerprint density at radius 2 is 1.88 bits per heavy atom. The van der Waals surface area contributed by atoms with Gasteiger partial charge in [-0.15, -0.1) is 0 Å². The minimum absolute atomic E-state index is 0.0640. The zero-order valence-corrected chi connectivity index (χ0v) is 14.7. The monoisotopic (exact) mass is 349 g/mol. The summed E-state index contributed by atoms with van der Waals surface area (Å²) in [5, 5.41) is 5.71. The Balaban J connectivity index is 1.46. The highest BCUT2D eigenvalue weighted by molar-refractivity contribution is 6.04. The average molecular weight is 349 g/mol. The molecule has 134 valence electrons. The number of hydrogen-bond acceptors (Lipinski definition) is 3. The number of amides is 2. The van der Waals surface area contributed by atoms with Crippen molar-refractivity contribution in [2.45, 2.75) is 32.2 Å². The number of nitrogens with one attached hydrogen (secondary N) is 2. The third kappa shape index (κ3) is 5.28. The van der Waals surface area contributed by atoms with Crippen molar-refractivity contribution < 1.29 is 9.59 Å². The van der Waals surface area contributed by atoms with E-state index in [0.717, 1.165) is 5.56 Å². The minimum atomic E-state index is -0.198. The lowest BCUT2D eigenvalue weighted by Crippen LogP contribution is -2.20. The fourth-order valence-corrected chi connectivity index (χ4v) is 3.03. The number of rotatable bonds is 6. The third-order valence-corrected chi connectivity index (χ3v) is 4.52. The molecule has 2 aromatic rings. The van der Waals surface area contributed by atoms with E-state index in [1.807, 2.05) is 30.3 Å². The van der Waals surface area contributed by atoms with Gasteiger partial charge in [0, 0.05) is 24.6 Å². The van der Waals surface area contributed by atoms with Crippen molar-refractivity contribution in [3.05, 3.63) is 72.1 Å². The Morgan fingerprint density at radius 1 is 1.12 bits per heavy atom. The second-order valence-corrected chi connectivity index (χ2v) is 6.51. The van der Waals surface area contributed by atoms with E-state index in [1.165, 1.54) is 31.9 Å². The molecule has 1 heterocycles. The molecule has 0 atom stereocenters. The zero-order chi connectivity index (χ0) is 18.2. The summed E-state index contributed by atoms with van der Waals surface area (Å²) in [5.41, 5.74) is 2.19. The van der Waals surface area contributed by atoms with Gasteiger partial charge in [-0.05, 0) is 54.7 Å². The van der Waals surface area contributed by atoms with Gasteiger partial charge in [0.1, 0.15) is 0 Å². The predicted molar refractivity (Wildman–Crippen MR) is 102 cm³/mol. The van der Waals surface area contributed by atoms with E-state index in [0.29, 0.717) is 23.7 Å². The van der Waals surface area contributed by atoms with Crippen LogP contribution < -0.4 is 10.6 Å². The fraction of sp³-hybridized carbons (Fsp3) is 0.286. The van der Waals surface area contributed by atoms with Gasteiger partial charge in [-0.1, -0.05) is 31.1 Å². The summed E-state index contributed by atoms with van der Waals surface area (Å²) in [6.45, 7) is 0.463. The van der Waals surface area contributed by atoms with E-state index >= 15 is 0 Å². The van der Waals surface area contributed by atoms with Gasteiger partial charge in [-0.2, -0.15) is 0 Å². The second kappa shape index (κ2) is 8.94. The van der Waals surface area contributed by atoms with Crippen LogP contribution in [0.2, 0.25) is 0 Å². The van der Waals surface area contributed by atoms with Crippen molar-refractivity contribution in [1.29, 1.82) is 0 Å². The van der Waals surface area contributed by atoms with Crippen LogP contribution in [0, 0.1) is 5.92 Å². The highest BCUT2D eigenvalue weighted by atomic mass is 16.2. The van der Waals surface area contributed by atoms with Crippen LogP contribution in [0.5, 0.6) is 0 Å². The maximum atomic E-state index is 12.1. The van der Waals surface area contributed by atoms with Crippen LogP contribution in [0.25, 0.3) is 0 Å². The molecule has 2 N–H and O–H groups in total. The molecule has 0 unspecified atom stereocenters. The first-order chi connectivity index (χ1) is 12.7. The molecular formula is C21H23N3O2. The molecule has 0 bridgehead atoms. The van der Waals surface area contributed by atoms with Crippen LogP contribution in [-0.2, 0) is 11.3 Å². The van der Waals surface area contributed by atoms with Crippen LogP contribution in [-0.4, -0.2) is 16.8 Å². The number of carbonyl (C=O) groups excluding carboxylic acids is 2. The smallest absolute Gasteiger partial charge is 0.257 e. The second-order valence-electron chi connectivity index (χ2n) is 6.51. The first-order valence-corrected chi connectivity index (χ1v) is 8.97. The molecule has 0 spiro atoms. The molecule has 2 amide bonds. The van der Waals surface area contributed by atoms with Gasteiger partial charge in [0.25, 0.3) is 5.91 Å². The summed E-state index contributed by atoms with van der Waals surface area (Å²) in [6.07, 6.45) is 11.7. The van der Waals surface area contributed by atoms with Crippen molar-refractivity contribution >= 4 is 17.5 Å². The lowest BCUT2D eigenvalue weighted by Gasteiger charge is -2.07. The van der Waals surface area contributed by atoms with E-state index in [2.05, 4.69) is 15.6 Å². The van der Waals surface area contributed by atoms with Crippen LogP contribution in [0.15, 0.2) is 60.9 Å². The van der Waals surface area contributed by atoms with Crippen LogP contribution in [0.3, 0.4) is 0 Å². The van der Waals surface area contributed by atoms with Crippen LogP contribution in [0.4, 0.5) is 5.69 Å². The normalized spacial score (nSPS) is 14.5. The van der Waals surface area contributed by atoms with Crippen molar-refractivity contribution in [1.82, 2.24) is 10.3 Å². The SMILES string of the molecule is O=C(/C=C/C1CCCC1)NCc1ccc(NC(=O)c2cccnc2)cc1. The number of nitrogens with zero attached hydrogens (tertiary/aromatic N) is 1. The lowest BCUT2D eigenvalue weighted by molar-refractivity contribution is -0.116. The average Bonchev–Trinajstić information content (AvgIpc) is 3.20. The standard InChI is InChI=1S/C21H23N3O2/c25-20(12-9-16-4-1-2-5-16)23-14-17-7-10-19(11-8-17)24-21(26)18-6-3-13-22-15-18/h3,6-13,15-16H,1-2,4-5,14H2,(H,23,25)(H,24,26)/b12-9+. The third-order valence-electron chi connectivity index (χ3n) is 4.52. The summed E-state index contributed by atoms with van der Waals surface area (Å²) < 4.78 is 0. The van der Waals surface area contributed by atoms with Gasteiger partial charge in [-0.3, -0.25) is 14.6 Å². The lowest BCUT2D eigenvalue weighted by atomic mass is 10.1. The number of allylic oxidation sites excluding steroid dienone is 1. The Labute approximate surface area is 153 Å². The number of anilines is 1. The number of carbonyl (C=O) groups is 2. The van der Waals surface area contributed by atoms with Crippen molar-refractivity contribution in [2.24, 2.45) is 5.92 Å². The first-order valence-electron chi connectivity index (χ1n) is 8.97. The molecule has 1 saturated carbocycles. The Morgan fingerprint density at radius 3 is 2.58 bits per heavy atom. The number of pyridine rings is 1. The molecule has 26 heavy (non-hydrogen) atoms. The van der Waals surface area contributed by atoms with Gasteiger partial charge < -0.3 is 10.6 Å². The van der Waals surface area contributed by atoms with E-state index in [4.69, 9.17) is 0 Å². The molecular weight excluding hydrogens is 326 g/mol. The zero-order valence-electron chi connectivity index (χ0n) is 14.7.